The number of hydrogen-bond donors (Lipinski definition) is 1. The Labute approximate surface area is 98.2 Å². The molecule has 0 aromatic heterocycles. The highest BCUT2D eigenvalue weighted by Gasteiger charge is 2.35. The van der Waals surface area contributed by atoms with Crippen molar-refractivity contribution >= 4 is 5.91 Å². The SMILES string of the molecule is C=C(C)COCCNC(=O)C1(C)CCCC1. The van der Waals surface area contributed by atoms with Crippen molar-refractivity contribution < 1.29 is 9.53 Å². The number of hydrogen-bond acceptors (Lipinski definition) is 2. The minimum atomic E-state index is -0.131. The molecular formula is C13H23NO2. The van der Waals surface area contributed by atoms with E-state index in [-0.39, 0.29) is 11.3 Å². The van der Waals surface area contributed by atoms with Crippen LogP contribution in [0, 0.1) is 5.41 Å². The van der Waals surface area contributed by atoms with E-state index in [0.717, 1.165) is 18.4 Å². The number of ether oxygens (including phenoxy) is 1. The molecule has 0 spiro atoms. The van der Waals surface area contributed by atoms with Gasteiger partial charge in [-0.05, 0) is 19.8 Å². The summed E-state index contributed by atoms with van der Waals surface area (Å²) in [6.07, 6.45) is 4.39. The first kappa shape index (κ1) is 13.2. The minimum Gasteiger partial charge on any atom is -0.375 e. The van der Waals surface area contributed by atoms with E-state index in [1.165, 1.54) is 12.8 Å². The van der Waals surface area contributed by atoms with E-state index in [2.05, 4.69) is 18.8 Å². The summed E-state index contributed by atoms with van der Waals surface area (Å²) in [4.78, 5) is 11.9. The smallest absolute Gasteiger partial charge is 0.226 e. The van der Waals surface area contributed by atoms with Crippen LogP contribution in [0.15, 0.2) is 12.2 Å². The molecule has 0 radical (unpaired) electrons. The van der Waals surface area contributed by atoms with Crippen LogP contribution in [-0.2, 0) is 9.53 Å². The molecule has 92 valence electrons. The Morgan fingerprint density at radius 2 is 2.06 bits per heavy atom. The first-order valence-electron chi connectivity index (χ1n) is 6.05. The fourth-order valence-corrected chi connectivity index (χ4v) is 2.08. The number of rotatable bonds is 6. The molecule has 0 atom stereocenters. The summed E-state index contributed by atoms with van der Waals surface area (Å²) in [6.45, 7) is 9.48. The second-order valence-electron chi connectivity index (χ2n) is 5.03. The van der Waals surface area contributed by atoms with Crippen LogP contribution in [0.1, 0.15) is 39.5 Å². The molecule has 0 saturated heterocycles. The Morgan fingerprint density at radius 3 is 2.62 bits per heavy atom. The molecule has 1 fully saturated rings. The van der Waals surface area contributed by atoms with Gasteiger partial charge in [0.25, 0.3) is 0 Å². The first-order valence-corrected chi connectivity index (χ1v) is 6.05. The van der Waals surface area contributed by atoms with Crippen LogP contribution in [0.3, 0.4) is 0 Å². The van der Waals surface area contributed by atoms with Crippen LogP contribution in [0.4, 0.5) is 0 Å². The molecular weight excluding hydrogens is 202 g/mol. The van der Waals surface area contributed by atoms with E-state index < -0.39 is 0 Å². The Kier molecular flexibility index (Phi) is 5.00. The van der Waals surface area contributed by atoms with E-state index in [1.807, 2.05) is 6.92 Å². The van der Waals surface area contributed by atoms with Gasteiger partial charge in [-0.25, -0.2) is 0 Å². The van der Waals surface area contributed by atoms with Gasteiger partial charge in [0.05, 0.1) is 13.2 Å². The number of carbonyl (C=O) groups is 1. The van der Waals surface area contributed by atoms with Crippen LogP contribution in [-0.4, -0.2) is 25.7 Å². The summed E-state index contributed by atoms with van der Waals surface area (Å²) in [6, 6.07) is 0. The molecule has 0 unspecified atom stereocenters. The molecule has 1 saturated carbocycles. The molecule has 16 heavy (non-hydrogen) atoms. The molecule has 0 aliphatic heterocycles. The quantitative estimate of drug-likeness (QED) is 0.556. The van der Waals surface area contributed by atoms with E-state index in [0.29, 0.717) is 19.8 Å². The third-order valence-corrected chi connectivity index (χ3v) is 3.14. The third kappa shape index (κ3) is 3.97. The van der Waals surface area contributed by atoms with Gasteiger partial charge >= 0.3 is 0 Å². The average Bonchev–Trinajstić information content (AvgIpc) is 2.65. The third-order valence-electron chi connectivity index (χ3n) is 3.14. The van der Waals surface area contributed by atoms with Crippen molar-refractivity contribution in [1.82, 2.24) is 5.32 Å². The molecule has 1 aliphatic rings. The van der Waals surface area contributed by atoms with Crippen LogP contribution in [0.5, 0.6) is 0 Å². The van der Waals surface area contributed by atoms with Gasteiger partial charge in [0.1, 0.15) is 0 Å². The lowest BCUT2D eigenvalue weighted by atomic mass is 9.88. The molecule has 0 bridgehead atoms. The predicted octanol–water partition coefficient (Wildman–Crippen LogP) is 2.28. The highest BCUT2D eigenvalue weighted by atomic mass is 16.5. The Morgan fingerprint density at radius 1 is 1.44 bits per heavy atom. The van der Waals surface area contributed by atoms with Gasteiger partial charge in [-0.1, -0.05) is 31.9 Å². The summed E-state index contributed by atoms with van der Waals surface area (Å²) in [7, 11) is 0. The monoisotopic (exact) mass is 225 g/mol. The molecule has 0 aromatic carbocycles. The van der Waals surface area contributed by atoms with Gasteiger partial charge in [0.2, 0.25) is 5.91 Å². The lowest BCUT2D eigenvalue weighted by Crippen LogP contribution is -2.38. The largest absolute Gasteiger partial charge is 0.375 e. The summed E-state index contributed by atoms with van der Waals surface area (Å²) in [5.74, 6) is 0.184. The number of nitrogens with one attached hydrogen (secondary N) is 1. The molecule has 1 aliphatic carbocycles. The highest BCUT2D eigenvalue weighted by molar-refractivity contribution is 5.82. The molecule has 3 heteroatoms. The van der Waals surface area contributed by atoms with Crippen molar-refractivity contribution in [3.63, 3.8) is 0 Å². The van der Waals surface area contributed by atoms with Crippen molar-refractivity contribution in [2.24, 2.45) is 5.41 Å². The Bertz CT molecular complexity index is 255. The van der Waals surface area contributed by atoms with Crippen LogP contribution in [0.2, 0.25) is 0 Å². The van der Waals surface area contributed by atoms with Gasteiger partial charge in [-0.3, -0.25) is 4.79 Å². The average molecular weight is 225 g/mol. The number of amides is 1. The fourth-order valence-electron chi connectivity index (χ4n) is 2.08. The fraction of sp³-hybridized carbons (Fsp3) is 0.769. The topological polar surface area (TPSA) is 38.3 Å². The second-order valence-corrected chi connectivity index (χ2v) is 5.03. The Hall–Kier alpha value is -0.830. The molecule has 0 heterocycles. The Balaban J connectivity index is 2.13. The van der Waals surface area contributed by atoms with Gasteiger partial charge in [0, 0.05) is 12.0 Å². The lowest BCUT2D eigenvalue weighted by Gasteiger charge is -2.22. The summed E-state index contributed by atoms with van der Waals surface area (Å²) < 4.78 is 5.33. The maximum absolute atomic E-state index is 11.9. The highest BCUT2D eigenvalue weighted by Crippen LogP contribution is 2.37. The number of carbonyl (C=O) groups excluding carboxylic acids is 1. The molecule has 3 nitrogen and oxygen atoms in total. The summed E-state index contributed by atoms with van der Waals surface area (Å²) in [5, 5.41) is 2.95. The van der Waals surface area contributed by atoms with E-state index in [1.54, 1.807) is 0 Å². The van der Waals surface area contributed by atoms with E-state index >= 15 is 0 Å². The lowest BCUT2D eigenvalue weighted by molar-refractivity contribution is -0.130. The first-order chi connectivity index (χ1) is 7.54. The molecule has 1 rings (SSSR count). The van der Waals surface area contributed by atoms with Crippen molar-refractivity contribution in [2.75, 3.05) is 19.8 Å². The van der Waals surface area contributed by atoms with Crippen LogP contribution in [0.25, 0.3) is 0 Å². The van der Waals surface area contributed by atoms with Gasteiger partial charge in [-0.15, -0.1) is 0 Å². The zero-order valence-electron chi connectivity index (χ0n) is 10.5. The van der Waals surface area contributed by atoms with Gasteiger partial charge in [0.15, 0.2) is 0 Å². The van der Waals surface area contributed by atoms with Crippen molar-refractivity contribution in [2.45, 2.75) is 39.5 Å². The maximum atomic E-state index is 11.9. The molecule has 1 amide bonds. The normalized spacial score (nSPS) is 18.4. The van der Waals surface area contributed by atoms with Crippen LogP contribution < -0.4 is 5.32 Å². The predicted molar refractivity (Wildman–Crippen MR) is 65.2 cm³/mol. The van der Waals surface area contributed by atoms with E-state index in [4.69, 9.17) is 4.74 Å². The van der Waals surface area contributed by atoms with E-state index in [9.17, 15) is 4.79 Å². The minimum absolute atomic E-state index is 0.131. The molecule has 1 N–H and O–H groups in total. The van der Waals surface area contributed by atoms with Crippen molar-refractivity contribution in [3.05, 3.63) is 12.2 Å². The standard InChI is InChI=1S/C13H23NO2/c1-11(2)10-16-9-8-14-12(15)13(3)6-4-5-7-13/h1,4-10H2,2-3H3,(H,14,15). The zero-order valence-corrected chi connectivity index (χ0v) is 10.5. The second kappa shape index (κ2) is 6.04. The zero-order chi connectivity index (χ0) is 12.0. The summed E-state index contributed by atoms with van der Waals surface area (Å²) in [5.41, 5.74) is 0.878. The summed E-state index contributed by atoms with van der Waals surface area (Å²) >= 11 is 0. The maximum Gasteiger partial charge on any atom is 0.226 e. The molecule has 0 aromatic rings. The van der Waals surface area contributed by atoms with Crippen LogP contribution >= 0.6 is 0 Å². The van der Waals surface area contributed by atoms with Crippen molar-refractivity contribution in [3.8, 4) is 0 Å². The van der Waals surface area contributed by atoms with Gasteiger partial charge in [-0.2, -0.15) is 0 Å². The van der Waals surface area contributed by atoms with Crippen molar-refractivity contribution in [1.29, 1.82) is 0 Å². The van der Waals surface area contributed by atoms with Gasteiger partial charge < -0.3 is 10.1 Å².